The van der Waals surface area contributed by atoms with Crippen LogP contribution in [0.25, 0.3) is 11.2 Å². The predicted octanol–water partition coefficient (Wildman–Crippen LogP) is 2.10. The van der Waals surface area contributed by atoms with Crippen molar-refractivity contribution in [3.8, 4) is 0 Å². The molecule has 1 atom stereocenters. The molecule has 0 bridgehead atoms. The third-order valence-corrected chi connectivity index (χ3v) is 3.09. The van der Waals surface area contributed by atoms with Crippen LogP contribution in [0.4, 0.5) is 5.95 Å². The van der Waals surface area contributed by atoms with E-state index in [2.05, 4.69) is 46.0 Å². The number of carbonyl (C=O) groups excluding carboxylic acids is 1. The lowest BCUT2D eigenvalue weighted by Gasteiger charge is -2.22. The summed E-state index contributed by atoms with van der Waals surface area (Å²) < 4.78 is 0. The largest absolute Gasteiger partial charge is 0.341 e. The summed E-state index contributed by atoms with van der Waals surface area (Å²) >= 11 is 5.98. The third kappa shape index (κ3) is 4.37. The molecule has 0 saturated carbocycles. The number of fused-ring (bicyclic) bond motifs is 1. The van der Waals surface area contributed by atoms with Gasteiger partial charge in [-0.25, -0.2) is 4.98 Å². The molecule has 2 rings (SSSR count). The zero-order valence-electron chi connectivity index (χ0n) is 12.3. The Bertz CT molecular complexity index is 648. The van der Waals surface area contributed by atoms with Crippen molar-refractivity contribution in [2.45, 2.75) is 39.7 Å². The quantitative estimate of drug-likeness (QED) is 0.749. The van der Waals surface area contributed by atoms with Crippen molar-refractivity contribution in [3.05, 3.63) is 11.5 Å². The number of hydrogen-bond acceptors (Lipinski definition) is 5. The van der Waals surface area contributed by atoms with Crippen LogP contribution < -0.4 is 11.1 Å². The second-order valence-corrected chi connectivity index (χ2v) is 6.57. The highest BCUT2D eigenvalue weighted by Crippen LogP contribution is 2.21. The molecule has 7 nitrogen and oxygen atoms in total. The molecular weight excluding hydrogens is 292 g/mol. The molecule has 0 aromatic carbocycles. The second kappa shape index (κ2) is 5.95. The zero-order valence-corrected chi connectivity index (χ0v) is 13.0. The molecule has 4 N–H and O–H groups in total. The lowest BCUT2D eigenvalue weighted by atomic mass is 9.87. The van der Waals surface area contributed by atoms with Gasteiger partial charge in [0.25, 0.3) is 0 Å². The van der Waals surface area contributed by atoms with Gasteiger partial charge in [-0.05, 0) is 11.8 Å². The maximum Gasteiger partial charge on any atom is 0.233 e. The van der Waals surface area contributed by atoms with Gasteiger partial charge in [-0.3, -0.25) is 10.1 Å². The fraction of sp³-hybridized carbons (Fsp3) is 0.538. The van der Waals surface area contributed by atoms with E-state index < -0.39 is 0 Å². The van der Waals surface area contributed by atoms with Crippen LogP contribution >= 0.6 is 11.6 Å². The minimum Gasteiger partial charge on any atom is -0.341 e. The number of halogens is 1. The highest BCUT2D eigenvalue weighted by molar-refractivity contribution is 6.33. The minimum atomic E-state index is -0.238. The molecule has 114 valence electrons. The van der Waals surface area contributed by atoms with E-state index in [0.29, 0.717) is 11.2 Å². The van der Waals surface area contributed by atoms with E-state index in [0.717, 1.165) is 6.42 Å². The van der Waals surface area contributed by atoms with Crippen molar-refractivity contribution in [2.75, 3.05) is 5.32 Å². The Morgan fingerprint density at radius 1 is 1.48 bits per heavy atom. The number of carbonyl (C=O) groups is 1. The smallest absolute Gasteiger partial charge is 0.233 e. The lowest BCUT2D eigenvalue weighted by Crippen LogP contribution is -2.31. The Hall–Kier alpha value is -1.73. The van der Waals surface area contributed by atoms with Crippen LogP contribution in [0.5, 0.6) is 0 Å². The van der Waals surface area contributed by atoms with Gasteiger partial charge in [-0.15, -0.1) is 0 Å². The molecule has 0 radical (unpaired) electrons. The first-order valence-corrected chi connectivity index (χ1v) is 7.04. The van der Waals surface area contributed by atoms with Gasteiger partial charge in [0.2, 0.25) is 11.9 Å². The predicted molar refractivity (Wildman–Crippen MR) is 82.0 cm³/mol. The van der Waals surface area contributed by atoms with Crippen LogP contribution in [0.1, 0.15) is 33.6 Å². The van der Waals surface area contributed by atoms with E-state index in [1.165, 1.54) is 6.33 Å². The summed E-state index contributed by atoms with van der Waals surface area (Å²) in [6.45, 7) is 6.25. The average molecular weight is 311 g/mol. The molecule has 0 aliphatic heterocycles. The monoisotopic (exact) mass is 310 g/mol. The van der Waals surface area contributed by atoms with Crippen LogP contribution in [0.2, 0.25) is 5.15 Å². The number of nitrogens with one attached hydrogen (secondary N) is 2. The number of amides is 1. The normalized spacial score (nSPS) is 13.4. The Kier molecular flexibility index (Phi) is 4.43. The van der Waals surface area contributed by atoms with Crippen molar-refractivity contribution in [1.82, 2.24) is 19.9 Å². The molecule has 1 amide bonds. The Morgan fingerprint density at radius 2 is 2.19 bits per heavy atom. The highest BCUT2D eigenvalue weighted by Gasteiger charge is 2.19. The van der Waals surface area contributed by atoms with Gasteiger partial charge in [-0.1, -0.05) is 32.4 Å². The number of aromatic nitrogens is 4. The molecule has 21 heavy (non-hydrogen) atoms. The molecule has 0 fully saturated rings. The number of rotatable bonds is 4. The maximum atomic E-state index is 12.0. The maximum absolute atomic E-state index is 12.0. The summed E-state index contributed by atoms with van der Waals surface area (Å²) in [6.07, 6.45) is 2.42. The second-order valence-electron chi connectivity index (χ2n) is 6.22. The average Bonchev–Trinajstić information content (AvgIpc) is 2.73. The fourth-order valence-corrected chi connectivity index (χ4v) is 2.35. The van der Waals surface area contributed by atoms with Crippen molar-refractivity contribution < 1.29 is 4.79 Å². The third-order valence-electron chi connectivity index (χ3n) is 2.81. The lowest BCUT2D eigenvalue weighted by molar-refractivity contribution is -0.116. The minimum absolute atomic E-state index is 0.0768. The standard InChI is InChI=1S/C13H19ClN6O/c1-13(2,3)5-7(15)4-8(21)18-12-19-10(14)9-11(20-12)17-6-16-9/h6-7H,4-5,15H2,1-3H3,(H2,16,17,18,19,20,21). The molecular formula is C13H19ClN6O. The van der Waals surface area contributed by atoms with E-state index >= 15 is 0 Å². The number of aromatic amines is 1. The number of nitrogens with zero attached hydrogens (tertiary/aromatic N) is 3. The van der Waals surface area contributed by atoms with E-state index in [1.54, 1.807) is 0 Å². The van der Waals surface area contributed by atoms with E-state index in [1.807, 2.05) is 0 Å². The molecule has 0 spiro atoms. The van der Waals surface area contributed by atoms with Crippen molar-refractivity contribution >= 4 is 34.6 Å². The first-order valence-electron chi connectivity index (χ1n) is 6.66. The number of H-pyrrole nitrogens is 1. The van der Waals surface area contributed by atoms with Crippen LogP contribution in [0.3, 0.4) is 0 Å². The van der Waals surface area contributed by atoms with Gasteiger partial charge in [0.05, 0.1) is 6.33 Å². The first-order chi connectivity index (χ1) is 9.74. The summed E-state index contributed by atoms with van der Waals surface area (Å²) in [5.74, 6) is -0.106. The Balaban J connectivity index is 2.01. The van der Waals surface area contributed by atoms with Crippen LogP contribution in [-0.2, 0) is 4.79 Å². The van der Waals surface area contributed by atoms with Crippen molar-refractivity contribution in [3.63, 3.8) is 0 Å². The van der Waals surface area contributed by atoms with E-state index in [9.17, 15) is 4.79 Å². The molecule has 2 aromatic rings. The summed E-state index contributed by atoms with van der Waals surface area (Å²) in [5, 5.41) is 2.82. The summed E-state index contributed by atoms with van der Waals surface area (Å²) in [7, 11) is 0. The molecule has 0 aliphatic rings. The Labute approximate surface area is 127 Å². The van der Waals surface area contributed by atoms with Gasteiger partial charge >= 0.3 is 0 Å². The van der Waals surface area contributed by atoms with Gasteiger partial charge in [0.15, 0.2) is 10.8 Å². The Morgan fingerprint density at radius 3 is 2.86 bits per heavy atom. The zero-order chi connectivity index (χ0) is 15.6. The molecule has 0 aliphatic carbocycles. The van der Waals surface area contributed by atoms with Gasteiger partial charge in [0, 0.05) is 12.5 Å². The fourth-order valence-electron chi connectivity index (χ4n) is 2.13. The molecule has 2 heterocycles. The van der Waals surface area contributed by atoms with Gasteiger partial charge < -0.3 is 10.7 Å². The number of imidazole rings is 1. The van der Waals surface area contributed by atoms with E-state index in [-0.39, 0.29) is 34.9 Å². The summed E-state index contributed by atoms with van der Waals surface area (Å²) in [6, 6.07) is -0.213. The topological polar surface area (TPSA) is 110 Å². The van der Waals surface area contributed by atoms with Crippen molar-refractivity contribution in [1.29, 1.82) is 0 Å². The molecule has 0 saturated heterocycles. The van der Waals surface area contributed by atoms with Crippen LogP contribution in [-0.4, -0.2) is 31.9 Å². The molecule has 1 unspecified atom stereocenters. The van der Waals surface area contributed by atoms with Gasteiger partial charge in [-0.2, -0.15) is 9.97 Å². The summed E-state index contributed by atoms with van der Waals surface area (Å²) in [4.78, 5) is 26.9. The van der Waals surface area contributed by atoms with Crippen LogP contribution in [0, 0.1) is 5.41 Å². The highest BCUT2D eigenvalue weighted by atomic mass is 35.5. The SMILES string of the molecule is CC(C)(C)CC(N)CC(=O)Nc1nc(Cl)c2[nH]cnc2n1. The summed E-state index contributed by atoms with van der Waals surface area (Å²) in [5.41, 5.74) is 7.00. The van der Waals surface area contributed by atoms with Crippen molar-refractivity contribution in [2.24, 2.45) is 11.1 Å². The van der Waals surface area contributed by atoms with Gasteiger partial charge in [0.1, 0.15) is 5.52 Å². The molecule has 2 aromatic heterocycles. The number of hydrogen-bond donors (Lipinski definition) is 3. The van der Waals surface area contributed by atoms with E-state index in [4.69, 9.17) is 17.3 Å². The number of anilines is 1. The number of nitrogens with two attached hydrogens (primary N) is 1. The molecule has 8 heteroatoms. The first kappa shape index (κ1) is 15.7. The van der Waals surface area contributed by atoms with Crippen LogP contribution in [0.15, 0.2) is 6.33 Å².